The number of hydrogen-bond donors (Lipinski definition) is 2. The van der Waals surface area contributed by atoms with Crippen LogP contribution in [0, 0.1) is 0 Å². The number of methoxy groups -OCH3 is 1. The first kappa shape index (κ1) is 18.0. The van der Waals surface area contributed by atoms with Crippen LogP contribution in [-0.4, -0.2) is 34.3 Å². The van der Waals surface area contributed by atoms with Gasteiger partial charge in [0.2, 0.25) is 0 Å². The standard InChI is InChI=1S/C20H26N4O2/c1-5-24-19(11-18(23-24)13(2)3)20(25)21-9-8-14-12-22-17-7-6-15(26-4)10-16(14)17/h6-7,10-13,22H,5,8-9H2,1-4H3,(H,21,25). The van der Waals surface area contributed by atoms with Crippen molar-refractivity contribution in [2.75, 3.05) is 13.7 Å². The van der Waals surface area contributed by atoms with E-state index in [1.165, 1.54) is 0 Å². The van der Waals surface area contributed by atoms with Gasteiger partial charge in [-0.1, -0.05) is 13.8 Å². The van der Waals surface area contributed by atoms with Crippen LogP contribution in [0.1, 0.15) is 48.4 Å². The Morgan fingerprint density at radius 1 is 1.35 bits per heavy atom. The Morgan fingerprint density at radius 3 is 2.85 bits per heavy atom. The van der Waals surface area contributed by atoms with Gasteiger partial charge >= 0.3 is 0 Å². The molecule has 3 rings (SSSR count). The van der Waals surface area contributed by atoms with E-state index in [1.807, 2.05) is 37.4 Å². The molecule has 26 heavy (non-hydrogen) atoms. The number of rotatable bonds is 7. The van der Waals surface area contributed by atoms with Gasteiger partial charge in [0.05, 0.1) is 12.8 Å². The number of carbonyl (C=O) groups is 1. The summed E-state index contributed by atoms with van der Waals surface area (Å²) in [6.45, 7) is 7.39. The summed E-state index contributed by atoms with van der Waals surface area (Å²) in [4.78, 5) is 15.8. The molecule has 6 heteroatoms. The molecule has 0 unspecified atom stereocenters. The lowest BCUT2D eigenvalue weighted by atomic mass is 10.1. The van der Waals surface area contributed by atoms with Gasteiger partial charge in [-0.25, -0.2) is 0 Å². The van der Waals surface area contributed by atoms with E-state index in [-0.39, 0.29) is 5.91 Å². The summed E-state index contributed by atoms with van der Waals surface area (Å²) in [5.41, 5.74) is 3.79. The fourth-order valence-corrected chi connectivity index (χ4v) is 3.04. The van der Waals surface area contributed by atoms with E-state index < -0.39 is 0 Å². The van der Waals surface area contributed by atoms with Gasteiger partial charge in [-0.2, -0.15) is 5.10 Å². The number of nitrogens with one attached hydrogen (secondary N) is 2. The van der Waals surface area contributed by atoms with Gasteiger partial charge in [0, 0.05) is 30.2 Å². The van der Waals surface area contributed by atoms with Crippen LogP contribution < -0.4 is 10.1 Å². The fourth-order valence-electron chi connectivity index (χ4n) is 3.04. The number of ether oxygens (including phenoxy) is 1. The summed E-state index contributed by atoms with van der Waals surface area (Å²) in [5.74, 6) is 1.05. The lowest BCUT2D eigenvalue weighted by Crippen LogP contribution is -2.28. The Labute approximate surface area is 153 Å². The number of hydrogen-bond acceptors (Lipinski definition) is 3. The third-order valence-electron chi connectivity index (χ3n) is 4.58. The minimum atomic E-state index is -0.0799. The highest BCUT2D eigenvalue weighted by Crippen LogP contribution is 2.23. The molecule has 0 saturated carbocycles. The third-order valence-corrected chi connectivity index (χ3v) is 4.58. The van der Waals surface area contributed by atoms with E-state index in [1.54, 1.807) is 11.8 Å². The predicted octanol–water partition coefficient (Wildman–Crippen LogP) is 3.49. The second-order valence-electron chi connectivity index (χ2n) is 6.66. The molecule has 2 aromatic heterocycles. The highest BCUT2D eigenvalue weighted by Gasteiger charge is 2.16. The van der Waals surface area contributed by atoms with E-state index in [2.05, 4.69) is 29.2 Å². The van der Waals surface area contributed by atoms with Gasteiger partial charge in [-0.05, 0) is 49.1 Å². The lowest BCUT2D eigenvalue weighted by Gasteiger charge is -2.06. The number of aryl methyl sites for hydroxylation is 1. The molecule has 0 aliphatic heterocycles. The summed E-state index contributed by atoms with van der Waals surface area (Å²) < 4.78 is 7.07. The molecule has 0 radical (unpaired) electrons. The zero-order chi connectivity index (χ0) is 18.7. The molecule has 1 aromatic carbocycles. The maximum absolute atomic E-state index is 12.6. The first-order valence-corrected chi connectivity index (χ1v) is 9.03. The second-order valence-corrected chi connectivity index (χ2v) is 6.66. The monoisotopic (exact) mass is 354 g/mol. The van der Waals surface area contributed by atoms with Gasteiger partial charge in [-0.3, -0.25) is 9.48 Å². The van der Waals surface area contributed by atoms with E-state index in [9.17, 15) is 4.79 Å². The summed E-state index contributed by atoms with van der Waals surface area (Å²) in [6.07, 6.45) is 2.74. The Hall–Kier alpha value is -2.76. The number of carbonyl (C=O) groups excluding carboxylic acids is 1. The fraction of sp³-hybridized carbons (Fsp3) is 0.400. The summed E-state index contributed by atoms with van der Waals surface area (Å²) in [5, 5.41) is 8.64. The van der Waals surface area contributed by atoms with E-state index in [0.717, 1.165) is 34.3 Å². The molecule has 0 spiro atoms. The summed E-state index contributed by atoms with van der Waals surface area (Å²) in [7, 11) is 1.66. The van der Waals surface area contributed by atoms with Crippen molar-refractivity contribution in [2.45, 2.75) is 39.7 Å². The topological polar surface area (TPSA) is 71.9 Å². The minimum absolute atomic E-state index is 0.0799. The van der Waals surface area contributed by atoms with Crippen molar-refractivity contribution in [3.05, 3.63) is 47.4 Å². The maximum Gasteiger partial charge on any atom is 0.269 e. The molecular formula is C20H26N4O2. The normalized spacial score (nSPS) is 11.3. The maximum atomic E-state index is 12.6. The Kier molecular flexibility index (Phi) is 5.30. The Bertz CT molecular complexity index is 908. The number of nitrogens with zero attached hydrogens (tertiary/aromatic N) is 2. The van der Waals surface area contributed by atoms with Crippen molar-refractivity contribution in [3.63, 3.8) is 0 Å². The van der Waals surface area contributed by atoms with Crippen molar-refractivity contribution in [2.24, 2.45) is 0 Å². The van der Waals surface area contributed by atoms with Gasteiger partial charge in [0.15, 0.2) is 0 Å². The van der Waals surface area contributed by atoms with Gasteiger partial charge in [0.25, 0.3) is 5.91 Å². The molecular weight excluding hydrogens is 328 g/mol. The zero-order valence-corrected chi connectivity index (χ0v) is 15.8. The van der Waals surface area contributed by atoms with Crippen LogP contribution in [0.25, 0.3) is 10.9 Å². The average Bonchev–Trinajstić information content (AvgIpc) is 3.25. The molecule has 0 aliphatic carbocycles. The summed E-state index contributed by atoms with van der Waals surface area (Å²) in [6, 6.07) is 7.84. The van der Waals surface area contributed by atoms with Crippen LogP contribution >= 0.6 is 0 Å². The SMILES string of the molecule is CCn1nc(C(C)C)cc1C(=O)NCCc1c[nH]c2ccc(OC)cc12. The Balaban J connectivity index is 1.67. The number of aromatic nitrogens is 3. The van der Waals surface area contributed by atoms with Crippen molar-refractivity contribution < 1.29 is 9.53 Å². The smallest absolute Gasteiger partial charge is 0.269 e. The van der Waals surface area contributed by atoms with Crippen molar-refractivity contribution in [3.8, 4) is 5.75 Å². The molecule has 0 saturated heterocycles. The lowest BCUT2D eigenvalue weighted by molar-refractivity contribution is 0.0943. The van der Waals surface area contributed by atoms with E-state index in [0.29, 0.717) is 24.7 Å². The quantitative estimate of drug-likeness (QED) is 0.682. The molecule has 2 heterocycles. The molecule has 0 atom stereocenters. The average molecular weight is 354 g/mol. The molecule has 1 amide bonds. The largest absolute Gasteiger partial charge is 0.497 e. The number of aromatic amines is 1. The predicted molar refractivity (Wildman–Crippen MR) is 103 cm³/mol. The first-order chi connectivity index (χ1) is 12.5. The van der Waals surface area contributed by atoms with Crippen LogP contribution in [0.15, 0.2) is 30.5 Å². The van der Waals surface area contributed by atoms with Crippen LogP contribution in [0.2, 0.25) is 0 Å². The van der Waals surface area contributed by atoms with Gasteiger partial charge < -0.3 is 15.0 Å². The Morgan fingerprint density at radius 2 is 2.15 bits per heavy atom. The molecule has 6 nitrogen and oxygen atoms in total. The van der Waals surface area contributed by atoms with Crippen LogP contribution in [0.4, 0.5) is 0 Å². The highest BCUT2D eigenvalue weighted by molar-refractivity contribution is 5.92. The number of fused-ring (bicyclic) bond motifs is 1. The zero-order valence-electron chi connectivity index (χ0n) is 15.8. The van der Waals surface area contributed by atoms with E-state index in [4.69, 9.17) is 4.74 Å². The molecule has 2 N–H and O–H groups in total. The summed E-state index contributed by atoms with van der Waals surface area (Å²) >= 11 is 0. The van der Waals surface area contributed by atoms with Crippen molar-refractivity contribution in [1.82, 2.24) is 20.1 Å². The number of benzene rings is 1. The van der Waals surface area contributed by atoms with Crippen molar-refractivity contribution >= 4 is 16.8 Å². The van der Waals surface area contributed by atoms with Gasteiger partial charge in [0.1, 0.15) is 11.4 Å². The number of H-pyrrole nitrogens is 1. The number of amides is 1. The van der Waals surface area contributed by atoms with Crippen LogP contribution in [0.5, 0.6) is 5.75 Å². The first-order valence-electron chi connectivity index (χ1n) is 9.03. The molecule has 0 aliphatic rings. The second kappa shape index (κ2) is 7.64. The molecule has 3 aromatic rings. The third kappa shape index (κ3) is 3.59. The van der Waals surface area contributed by atoms with Gasteiger partial charge in [-0.15, -0.1) is 0 Å². The molecule has 138 valence electrons. The van der Waals surface area contributed by atoms with E-state index >= 15 is 0 Å². The molecule has 0 bridgehead atoms. The minimum Gasteiger partial charge on any atom is -0.497 e. The molecule has 0 fully saturated rings. The highest BCUT2D eigenvalue weighted by atomic mass is 16.5. The van der Waals surface area contributed by atoms with Crippen molar-refractivity contribution in [1.29, 1.82) is 0 Å². The van der Waals surface area contributed by atoms with Crippen LogP contribution in [-0.2, 0) is 13.0 Å². The van der Waals surface area contributed by atoms with Crippen LogP contribution in [0.3, 0.4) is 0 Å².